The second kappa shape index (κ2) is 7.98. The number of alkyl halides is 3. The van der Waals surface area contributed by atoms with Gasteiger partial charge in [0.2, 0.25) is 5.91 Å². The van der Waals surface area contributed by atoms with Crippen LogP contribution >= 0.6 is 0 Å². The van der Waals surface area contributed by atoms with Crippen LogP contribution in [0.15, 0.2) is 30.6 Å². The number of aromatic nitrogens is 3. The molecule has 0 saturated heterocycles. The van der Waals surface area contributed by atoms with Crippen molar-refractivity contribution in [2.45, 2.75) is 26.1 Å². The number of hydrogen-bond donors (Lipinski definition) is 3. The van der Waals surface area contributed by atoms with Crippen molar-refractivity contribution in [1.82, 2.24) is 20.3 Å². The van der Waals surface area contributed by atoms with E-state index in [4.69, 9.17) is 5.73 Å². The Morgan fingerprint density at radius 2 is 2.00 bits per heavy atom. The lowest BCUT2D eigenvalue weighted by Crippen LogP contribution is -2.46. The Balaban J connectivity index is -0.00000182. The van der Waals surface area contributed by atoms with Crippen molar-refractivity contribution in [2.24, 2.45) is 5.92 Å². The van der Waals surface area contributed by atoms with Gasteiger partial charge in [0.1, 0.15) is 24.2 Å². The zero-order valence-electron chi connectivity index (χ0n) is 14.2. The van der Waals surface area contributed by atoms with Crippen molar-refractivity contribution in [3.63, 3.8) is 0 Å². The average Bonchev–Trinajstić information content (AvgIpc) is 2.57. The Bertz CT molecular complexity index is 783. The molecule has 0 spiro atoms. The van der Waals surface area contributed by atoms with Crippen molar-refractivity contribution >= 4 is 17.5 Å². The highest BCUT2D eigenvalue weighted by Gasteiger charge is 2.30. The number of amides is 1. The Hall–Kier alpha value is -2.91. The molecule has 1 amide bonds. The summed E-state index contributed by atoms with van der Waals surface area (Å²) in [6, 6.07) is 3.99. The number of anilines is 2. The molecule has 2 heterocycles. The lowest BCUT2D eigenvalue weighted by molar-refractivity contribution is -0.139. The van der Waals surface area contributed by atoms with Crippen molar-refractivity contribution in [3.05, 3.63) is 30.6 Å². The normalized spacial score (nSPS) is 12.7. The molecule has 2 rings (SSSR count). The summed E-state index contributed by atoms with van der Waals surface area (Å²) in [5, 5.41) is 4.73. The van der Waals surface area contributed by atoms with Gasteiger partial charge in [-0.2, -0.15) is 13.2 Å². The minimum Gasteiger partial charge on any atom is -0.383 e. The molecule has 0 saturated carbocycles. The van der Waals surface area contributed by atoms with Crippen LogP contribution in [0, 0.1) is 5.92 Å². The maximum atomic E-state index is 12.3. The molecular formula is C16H27F3N6O. The van der Waals surface area contributed by atoms with Gasteiger partial charge < -0.3 is 16.4 Å². The number of rotatable bonds is 6. The van der Waals surface area contributed by atoms with E-state index in [0.29, 0.717) is 17.2 Å². The fourth-order valence-corrected chi connectivity index (χ4v) is 2.17. The van der Waals surface area contributed by atoms with Crippen molar-refractivity contribution < 1.29 is 23.7 Å². The van der Waals surface area contributed by atoms with E-state index in [1.54, 1.807) is 26.0 Å². The number of hydrogen-bond acceptors (Lipinski definition) is 6. The van der Waals surface area contributed by atoms with E-state index < -0.39 is 24.7 Å². The summed E-state index contributed by atoms with van der Waals surface area (Å²) >= 11 is 0. The molecule has 0 fully saturated rings. The minimum atomic E-state index is -4.48. The fraction of sp³-hybridized carbons (Fsp3) is 0.375. The zero-order chi connectivity index (χ0) is 19.3. The van der Waals surface area contributed by atoms with Gasteiger partial charge >= 0.3 is 6.18 Å². The van der Waals surface area contributed by atoms with Gasteiger partial charge in [0.05, 0.1) is 5.56 Å². The average molecular weight is 376 g/mol. The highest BCUT2D eigenvalue weighted by atomic mass is 19.4. The monoisotopic (exact) mass is 376 g/mol. The van der Waals surface area contributed by atoms with Crippen LogP contribution < -0.4 is 16.4 Å². The highest BCUT2D eigenvalue weighted by Crippen LogP contribution is 2.21. The van der Waals surface area contributed by atoms with Crippen LogP contribution in [-0.2, 0) is 4.79 Å². The highest BCUT2D eigenvalue weighted by molar-refractivity contribution is 5.84. The third-order valence-corrected chi connectivity index (χ3v) is 3.45. The molecule has 0 aliphatic heterocycles. The molecule has 4 N–H and O–H groups in total. The van der Waals surface area contributed by atoms with Crippen molar-refractivity contribution in [3.8, 4) is 11.4 Å². The van der Waals surface area contributed by atoms with E-state index in [2.05, 4.69) is 20.3 Å². The van der Waals surface area contributed by atoms with Gasteiger partial charge in [0, 0.05) is 18.1 Å². The number of nitrogens with zero attached hydrogens (tertiary/aromatic N) is 3. The van der Waals surface area contributed by atoms with E-state index in [9.17, 15) is 18.0 Å². The molecule has 2 aromatic rings. The van der Waals surface area contributed by atoms with E-state index in [-0.39, 0.29) is 17.4 Å². The third kappa shape index (κ3) is 5.30. The van der Waals surface area contributed by atoms with E-state index >= 15 is 0 Å². The Kier molecular flexibility index (Phi) is 5.96. The molecule has 2 aromatic heterocycles. The molecule has 0 radical (unpaired) electrons. The molecule has 26 heavy (non-hydrogen) atoms. The van der Waals surface area contributed by atoms with Crippen molar-refractivity contribution in [1.29, 1.82) is 0 Å². The first kappa shape index (κ1) is 19.4. The molecule has 0 aromatic carbocycles. The van der Waals surface area contributed by atoms with Crippen LogP contribution in [0.4, 0.5) is 24.8 Å². The van der Waals surface area contributed by atoms with Crippen LogP contribution in [0.2, 0.25) is 0 Å². The molecule has 1 atom stereocenters. The third-order valence-electron chi connectivity index (χ3n) is 3.45. The van der Waals surface area contributed by atoms with E-state index in [1.165, 1.54) is 18.5 Å². The summed E-state index contributed by atoms with van der Waals surface area (Å²) in [4.78, 5) is 24.4. The topological polar surface area (TPSA) is 106 Å². The Morgan fingerprint density at radius 1 is 1.27 bits per heavy atom. The summed E-state index contributed by atoms with van der Waals surface area (Å²) in [7, 11) is 0. The molecular weight excluding hydrogens is 349 g/mol. The molecule has 10 heteroatoms. The molecule has 0 aliphatic rings. The molecule has 0 unspecified atom stereocenters. The Morgan fingerprint density at radius 3 is 2.62 bits per heavy atom. The first-order valence-electron chi connectivity index (χ1n) is 7.82. The fourth-order valence-electron chi connectivity index (χ4n) is 2.17. The quantitative estimate of drug-likeness (QED) is 0.715. The van der Waals surface area contributed by atoms with Crippen molar-refractivity contribution in [2.75, 3.05) is 17.6 Å². The van der Waals surface area contributed by atoms with Crippen LogP contribution in [-0.4, -0.2) is 39.6 Å². The molecule has 148 valence electrons. The SMILES string of the molecule is CC(C)[C@H](Nc1ccnc(-c2cccnc2N)n1)C(=O)NCC(F)(F)F.[HH].[HH].[HH].[HH]. The zero-order valence-corrected chi connectivity index (χ0v) is 14.2. The number of pyridine rings is 1. The van der Waals surface area contributed by atoms with Gasteiger partial charge in [-0.1, -0.05) is 13.8 Å². The lowest BCUT2D eigenvalue weighted by Gasteiger charge is -2.22. The summed E-state index contributed by atoms with van der Waals surface area (Å²) in [6.45, 7) is 2.04. The standard InChI is InChI=1S/C16H19F3N6O.4H2/c1-9(2)12(15(26)23-8-16(17,18)19)24-11-5-7-22-14(25-11)10-4-3-6-21-13(10)20;;;;/h3-7,9,12H,8H2,1-2H3,(H2,20,21)(H,23,26)(H,22,24,25);4*1H/t12-;;;;/m0..../s1. The number of nitrogens with two attached hydrogens (primary N) is 1. The van der Waals surface area contributed by atoms with Crippen LogP contribution in [0.25, 0.3) is 11.4 Å². The first-order valence-corrected chi connectivity index (χ1v) is 7.82. The lowest BCUT2D eigenvalue weighted by atomic mass is 10.0. The summed E-state index contributed by atoms with van der Waals surface area (Å²) < 4.78 is 36.9. The largest absolute Gasteiger partial charge is 0.405 e. The molecule has 7 nitrogen and oxygen atoms in total. The predicted molar refractivity (Wildman–Crippen MR) is 99.4 cm³/mol. The number of halogens is 3. The Labute approximate surface area is 154 Å². The first-order chi connectivity index (χ1) is 12.2. The summed E-state index contributed by atoms with van der Waals surface area (Å²) in [5.41, 5.74) is 6.31. The minimum absolute atomic E-state index is 0. The maximum Gasteiger partial charge on any atom is 0.405 e. The smallest absolute Gasteiger partial charge is 0.383 e. The van der Waals surface area contributed by atoms with Gasteiger partial charge in [-0.3, -0.25) is 4.79 Å². The maximum absolute atomic E-state index is 12.3. The van der Waals surface area contributed by atoms with E-state index in [0.717, 1.165) is 0 Å². The van der Waals surface area contributed by atoms with Crippen LogP contribution in [0.3, 0.4) is 0 Å². The predicted octanol–water partition coefficient (Wildman–Crippen LogP) is 3.22. The molecule has 0 aliphatic carbocycles. The number of nitrogens with one attached hydrogen (secondary N) is 2. The van der Waals surface area contributed by atoms with Gasteiger partial charge in [0.15, 0.2) is 5.82 Å². The van der Waals surface area contributed by atoms with Gasteiger partial charge in [-0.15, -0.1) is 0 Å². The number of carbonyl (C=O) groups excluding carboxylic acids is 1. The molecule has 0 bridgehead atoms. The second-order valence-corrected chi connectivity index (χ2v) is 5.90. The van der Waals surface area contributed by atoms with Gasteiger partial charge in [-0.05, 0) is 24.1 Å². The number of nitrogen functional groups attached to an aromatic ring is 1. The van der Waals surface area contributed by atoms with Crippen LogP contribution in [0.1, 0.15) is 19.6 Å². The number of carbonyl (C=O) groups is 1. The van der Waals surface area contributed by atoms with Crippen LogP contribution in [0.5, 0.6) is 0 Å². The van der Waals surface area contributed by atoms with Gasteiger partial charge in [0.25, 0.3) is 0 Å². The summed E-state index contributed by atoms with van der Waals surface area (Å²) in [6.07, 6.45) is -1.49. The summed E-state index contributed by atoms with van der Waals surface area (Å²) in [5.74, 6) is -0.214. The van der Waals surface area contributed by atoms with Gasteiger partial charge in [-0.25, -0.2) is 15.0 Å². The van der Waals surface area contributed by atoms with E-state index in [1.807, 2.05) is 5.32 Å². The second-order valence-electron chi connectivity index (χ2n) is 5.90.